The SMILES string of the molecule is COC1OC(C)C(S)C(O)C1O. The molecule has 2 N–H and O–H groups in total. The minimum Gasteiger partial charge on any atom is -0.389 e. The van der Waals surface area contributed by atoms with Gasteiger partial charge in [0, 0.05) is 7.11 Å². The molecule has 0 aromatic rings. The van der Waals surface area contributed by atoms with Gasteiger partial charge in [0.25, 0.3) is 0 Å². The van der Waals surface area contributed by atoms with Crippen LogP contribution in [0.3, 0.4) is 0 Å². The summed E-state index contributed by atoms with van der Waals surface area (Å²) >= 11 is 4.10. The molecule has 5 heteroatoms. The van der Waals surface area contributed by atoms with Gasteiger partial charge in [-0.2, -0.15) is 12.6 Å². The fourth-order valence-electron chi connectivity index (χ4n) is 1.21. The fourth-order valence-corrected chi connectivity index (χ4v) is 1.45. The van der Waals surface area contributed by atoms with Crippen LogP contribution in [0.15, 0.2) is 0 Å². The maximum absolute atomic E-state index is 9.43. The first kappa shape index (κ1) is 10.3. The molecule has 1 aliphatic rings. The molecule has 5 unspecified atom stereocenters. The van der Waals surface area contributed by atoms with Crippen LogP contribution in [0.25, 0.3) is 0 Å². The average molecular weight is 194 g/mol. The van der Waals surface area contributed by atoms with Gasteiger partial charge in [-0.3, -0.25) is 0 Å². The van der Waals surface area contributed by atoms with Crippen LogP contribution in [0.5, 0.6) is 0 Å². The average Bonchev–Trinajstić information content (AvgIpc) is 2.08. The van der Waals surface area contributed by atoms with Crippen LogP contribution in [0.4, 0.5) is 0 Å². The van der Waals surface area contributed by atoms with Gasteiger partial charge in [-0.1, -0.05) is 0 Å². The molecule has 1 heterocycles. The molecule has 72 valence electrons. The third-order valence-corrected chi connectivity index (χ3v) is 2.77. The first-order valence-corrected chi connectivity index (χ1v) is 4.32. The number of rotatable bonds is 1. The Kier molecular flexibility index (Phi) is 3.37. The van der Waals surface area contributed by atoms with Crippen molar-refractivity contribution in [1.82, 2.24) is 0 Å². The summed E-state index contributed by atoms with van der Waals surface area (Å²) in [5.74, 6) is 0. The Labute approximate surface area is 76.9 Å². The Morgan fingerprint density at radius 1 is 1.33 bits per heavy atom. The molecule has 0 amide bonds. The highest BCUT2D eigenvalue weighted by Crippen LogP contribution is 2.24. The van der Waals surface area contributed by atoms with Crippen LogP contribution >= 0.6 is 12.6 Å². The largest absolute Gasteiger partial charge is 0.389 e. The van der Waals surface area contributed by atoms with E-state index in [0.717, 1.165) is 0 Å². The zero-order chi connectivity index (χ0) is 9.30. The smallest absolute Gasteiger partial charge is 0.186 e. The molecule has 5 atom stereocenters. The van der Waals surface area contributed by atoms with Crippen molar-refractivity contribution in [3.63, 3.8) is 0 Å². The van der Waals surface area contributed by atoms with Gasteiger partial charge in [0.2, 0.25) is 0 Å². The summed E-state index contributed by atoms with van der Waals surface area (Å²) < 4.78 is 10.0. The second-order valence-electron chi connectivity index (χ2n) is 2.92. The molecule has 12 heavy (non-hydrogen) atoms. The van der Waals surface area contributed by atoms with Crippen LogP contribution in [-0.4, -0.2) is 47.2 Å². The molecule has 1 fully saturated rings. The van der Waals surface area contributed by atoms with Gasteiger partial charge in [-0.15, -0.1) is 0 Å². The molecule has 0 radical (unpaired) electrons. The molecule has 1 saturated heterocycles. The maximum Gasteiger partial charge on any atom is 0.186 e. The van der Waals surface area contributed by atoms with Crippen molar-refractivity contribution in [2.45, 2.75) is 36.8 Å². The van der Waals surface area contributed by atoms with Gasteiger partial charge in [-0.25, -0.2) is 0 Å². The lowest BCUT2D eigenvalue weighted by Crippen LogP contribution is -2.55. The van der Waals surface area contributed by atoms with E-state index in [1.165, 1.54) is 7.11 Å². The summed E-state index contributed by atoms with van der Waals surface area (Å²) in [7, 11) is 1.42. The zero-order valence-corrected chi connectivity index (χ0v) is 7.94. The second-order valence-corrected chi connectivity index (χ2v) is 3.51. The summed E-state index contributed by atoms with van der Waals surface area (Å²) in [6, 6.07) is 0. The molecule has 1 rings (SSSR count). The first-order chi connectivity index (χ1) is 5.57. The molecule has 0 saturated carbocycles. The Morgan fingerprint density at radius 2 is 1.92 bits per heavy atom. The quantitative estimate of drug-likeness (QED) is 0.488. The Bertz CT molecular complexity index is 150. The molecule has 0 bridgehead atoms. The van der Waals surface area contributed by atoms with Crippen molar-refractivity contribution < 1.29 is 19.7 Å². The summed E-state index contributed by atoms with van der Waals surface area (Å²) in [5.41, 5.74) is 0. The van der Waals surface area contributed by atoms with Crippen molar-refractivity contribution in [2.24, 2.45) is 0 Å². The second kappa shape index (κ2) is 3.93. The highest BCUT2D eigenvalue weighted by molar-refractivity contribution is 7.81. The monoisotopic (exact) mass is 194 g/mol. The van der Waals surface area contributed by atoms with E-state index in [4.69, 9.17) is 9.47 Å². The molecule has 0 aromatic heterocycles. The summed E-state index contributed by atoms with van der Waals surface area (Å²) in [4.78, 5) is 0. The van der Waals surface area contributed by atoms with E-state index < -0.39 is 18.5 Å². The Morgan fingerprint density at radius 3 is 2.42 bits per heavy atom. The van der Waals surface area contributed by atoms with E-state index in [1.807, 2.05) is 0 Å². The predicted molar refractivity (Wildman–Crippen MR) is 46.1 cm³/mol. The maximum atomic E-state index is 9.43. The molecular formula is C7H14O4S. The number of aliphatic hydroxyl groups excluding tert-OH is 2. The molecule has 0 aliphatic carbocycles. The fraction of sp³-hybridized carbons (Fsp3) is 1.00. The first-order valence-electron chi connectivity index (χ1n) is 3.80. The van der Waals surface area contributed by atoms with Gasteiger partial charge < -0.3 is 19.7 Å². The summed E-state index contributed by atoms with van der Waals surface area (Å²) in [6.45, 7) is 1.78. The van der Waals surface area contributed by atoms with E-state index in [-0.39, 0.29) is 11.4 Å². The molecular weight excluding hydrogens is 180 g/mol. The minimum absolute atomic E-state index is 0.225. The summed E-state index contributed by atoms with van der Waals surface area (Å²) in [5, 5.41) is 18.4. The molecule has 4 nitrogen and oxygen atoms in total. The third-order valence-electron chi connectivity index (χ3n) is 2.04. The van der Waals surface area contributed by atoms with Gasteiger partial charge >= 0.3 is 0 Å². The lowest BCUT2D eigenvalue weighted by Gasteiger charge is -2.38. The van der Waals surface area contributed by atoms with E-state index in [9.17, 15) is 10.2 Å². The van der Waals surface area contributed by atoms with E-state index in [0.29, 0.717) is 0 Å². The van der Waals surface area contributed by atoms with Crippen LogP contribution in [-0.2, 0) is 9.47 Å². The van der Waals surface area contributed by atoms with Crippen LogP contribution < -0.4 is 0 Å². The topological polar surface area (TPSA) is 58.9 Å². The normalized spacial score (nSPS) is 49.2. The number of aliphatic hydroxyl groups is 2. The Hall–Kier alpha value is 0.190. The van der Waals surface area contributed by atoms with Crippen molar-refractivity contribution in [3.05, 3.63) is 0 Å². The lowest BCUT2D eigenvalue weighted by molar-refractivity contribution is -0.250. The van der Waals surface area contributed by atoms with E-state index >= 15 is 0 Å². The number of hydrogen-bond acceptors (Lipinski definition) is 5. The van der Waals surface area contributed by atoms with E-state index in [1.54, 1.807) is 6.92 Å². The number of hydrogen-bond donors (Lipinski definition) is 3. The Balaban J connectivity index is 2.63. The zero-order valence-electron chi connectivity index (χ0n) is 7.04. The van der Waals surface area contributed by atoms with Crippen LogP contribution in [0.1, 0.15) is 6.92 Å². The minimum atomic E-state index is -1.02. The van der Waals surface area contributed by atoms with Gasteiger partial charge in [0.15, 0.2) is 6.29 Å². The van der Waals surface area contributed by atoms with Crippen LogP contribution in [0.2, 0.25) is 0 Å². The highest BCUT2D eigenvalue weighted by atomic mass is 32.1. The van der Waals surface area contributed by atoms with E-state index in [2.05, 4.69) is 12.6 Å². The molecule has 1 aliphatic heterocycles. The molecule has 0 spiro atoms. The number of thiol groups is 1. The van der Waals surface area contributed by atoms with Crippen molar-refractivity contribution in [3.8, 4) is 0 Å². The third kappa shape index (κ3) is 1.75. The standard InChI is InChI=1S/C7H14O4S/c1-3-6(12)4(8)5(9)7(10-2)11-3/h3-9,12H,1-2H3. The predicted octanol–water partition coefficient (Wildman–Crippen LogP) is -0.602. The van der Waals surface area contributed by atoms with Gasteiger partial charge in [0.1, 0.15) is 6.10 Å². The number of ether oxygens (including phenoxy) is 2. The lowest BCUT2D eigenvalue weighted by atomic mass is 10.0. The van der Waals surface area contributed by atoms with Gasteiger partial charge in [-0.05, 0) is 6.92 Å². The number of methoxy groups -OCH3 is 1. The van der Waals surface area contributed by atoms with Crippen molar-refractivity contribution >= 4 is 12.6 Å². The highest BCUT2D eigenvalue weighted by Gasteiger charge is 2.40. The summed E-state index contributed by atoms with van der Waals surface area (Å²) in [6.07, 6.45) is -2.90. The molecule has 0 aromatic carbocycles. The van der Waals surface area contributed by atoms with Gasteiger partial charge in [0.05, 0.1) is 17.5 Å². The van der Waals surface area contributed by atoms with Crippen molar-refractivity contribution in [2.75, 3.05) is 7.11 Å². The van der Waals surface area contributed by atoms with Crippen LogP contribution in [0, 0.1) is 0 Å². The van der Waals surface area contributed by atoms with Crippen molar-refractivity contribution in [1.29, 1.82) is 0 Å².